The normalized spacial score (nSPS) is 19.3. The molecule has 114 valence electrons. The molecule has 1 N–H and O–H groups in total. The van der Waals surface area contributed by atoms with Crippen LogP contribution in [0, 0.1) is 5.92 Å². The van der Waals surface area contributed by atoms with E-state index in [1.165, 1.54) is 51.6 Å². The second kappa shape index (κ2) is 8.26. The summed E-state index contributed by atoms with van der Waals surface area (Å²) in [6.45, 7) is 15.6. The maximum atomic E-state index is 3.88. The SMILES string of the molecule is CCCNC(CC(C)C)C(CC)(CC)N1CCCC1. The largest absolute Gasteiger partial charge is 0.312 e. The minimum Gasteiger partial charge on any atom is -0.312 e. The molecule has 0 amide bonds. The van der Waals surface area contributed by atoms with Gasteiger partial charge in [-0.3, -0.25) is 4.90 Å². The van der Waals surface area contributed by atoms with E-state index in [4.69, 9.17) is 0 Å². The summed E-state index contributed by atoms with van der Waals surface area (Å²) < 4.78 is 0. The molecule has 1 rings (SSSR count). The standard InChI is InChI=1S/C17H36N2/c1-6-11-18-16(14-15(4)5)17(7-2,8-3)19-12-9-10-13-19/h15-16,18H,6-14H2,1-5H3. The van der Waals surface area contributed by atoms with Crippen LogP contribution in [0.3, 0.4) is 0 Å². The van der Waals surface area contributed by atoms with Gasteiger partial charge >= 0.3 is 0 Å². The Morgan fingerprint density at radius 2 is 1.63 bits per heavy atom. The number of nitrogens with zero attached hydrogens (tertiary/aromatic N) is 1. The monoisotopic (exact) mass is 268 g/mol. The molecule has 0 spiro atoms. The van der Waals surface area contributed by atoms with Gasteiger partial charge in [-0.25, -0.2) is 0 Å². The first-order chi connectivity index (χ1) is 9.10. The van der Waals surface area contributed by atoms with Crippen molar-refractivity contribution in [3.63, 3.8) is 0 Å². The molecule has 1 aliphatic heterocycles. The zero-order valence-electron chi connectivity index (χ0n) is 14.0. The van der Waals surface area contributed by atoms with E-state index in [0.717, 1.165) is 12.5 Å². The Hall–Kier alpha value is -0.0800. The Labute approximate surface area is 121 Å². The highest BCUT2D eigenvalue weighted by Crippen LogP contribution is 2.34. The summed E-state index contributed by atoms with van der Waals surface area (Å²) in [5.74, 6) is 0.773. The zero-order chi connectivity index (χ0) is 14.3. The van der Waals surface area contributed by atoms with Gasteiger partial charge in [-0.15, -0.1) is 0 Å². The molecule has 0 aliphatic carbocycles. The van der Waals surface area contributed by atoms with E-state index in [1.807, 2.05) is 0 Å². The van der Waals surface area contributed by atoms with Crippen LogP contribution in [0.5, 0.6) is 0 Å². The van der Waals surface area contributed by atoms with Gasteiger partial charge in [0, 0.05) is 11.6 Å². The second-order valence-corrected chi connectivity index (χ2v) is 6.64. The molecule has 1 saturated heterocycles. The third kappa shape index (κ3) is 4.19. The fourth-order valence-electron chi connectivity index (χ4n) is 3.86. The van der Waals surface area contributed by atoms with Crippen molar-refractivity contribution >= 4 is 0 Å². The number of rotatable bonds is 9. The Morgan fingerprint density at radius 1 is 1.05 bits per heavy atom. The molecule has 1 unspecified atom stereocenters. The van der Waals surface area contributed by atoms with E-state index in [1.54, 1.807) is 0 Å². The van der Waals surface area contributed by atoms with E-state index in [2.05, 4.69) is 44.8 Å². The van der Waals surface area contributed by atoms with E-state index >= 15 is 0 Å². The fraction of sp³-hybridized carbons (Fsp3) is 1.00. The van der Waals surface area contributed by atoms with Crippen molar-refractivity contribution in [1.29, 1.82) is 0 Å². The van der Waals surface area contributed by atoms with E-state index in [-0.39, 0.29) is 0 Å². The van der Waals surface area contributed by atoms with Gasteiger partial charge in [-0.1, -0.05) is 34.6 Å². The highest BCUT2D eigenvalue weighted by atomic mass is 15.2. The molecule has 2 heteroatoms. The highest BCUT2D eigenvalue weighted by molar-refractivity contribution is 5.00. The molecule has 0 radical (unpaired) electrons. The van der Waals surface area contributed by atoms with Crippen molar-refractivity contribution in [1.82, 2.24) is 10.2 Å². The minimum atomic E-state index is 0.385. The molecule has 1 atom stereocenters. The summed E-state index contributed by atoms with van der Waals surface area (Å²) in [7, 11) is 0. The van der Waals surface area contributed by atoms with E-state index < -0.39 is 0 Å². The van der Waals surface area contributed by atoms with Crippen molar-refractivity contribution < 1.29 is 0 Å². The molecule has 1 aliphatic rings. The third-order valence-corrected chi connectivity index (χ3v) is 4.96. The molecule has 0 aromatic rings. The van der Waals surface area contributed by atoms with Crippen molar-refractivity contribution in [3.8, 4) is 0 Å². The summed E-state index contributed by atoms with van der Waals surface area (Å²) in [5.41, 5.74) is 0.385. The van der Waals surface area contributed by atoms with Crippen LogP contribution >= 0.6 is 0 Å². The molecule has 0 bridgehead atoms. The van der Waals surface area contributed by atoms with Gasteiger partial charge in [0.25, 0.3) is 0 Å². The maximum absolute atomic E-state index is 3.88. The van der Waals surface area contributed by atoms with Gasteiger partial charge in [0.1, 0.15) is 0 Å². The predicted octanol–water partition coefficient (Wildman–Crippen LogP) is 4.06. The topological polar surface area (TPSA) is 15.3 Å². The van der Waals surface area contributed by atoms with Gasteiger partial charge < -0.3 is 5.32 Å². The number of likely N-dealkylation sites (tertiary alicyclic amines) is 1. The third-order valence-electron chi connectivity index (χ3n) is 4.96. The Bertz CT molecular complexity index is 227. The summed E-state index contributed by atoms with van der Waals surface area (Å²) >= 11 is 0. The van der Waals surface area contributed by atoms with Crippen molar-refractivity contribution in [2.24, 2.45) is 5.92 Å². The molecule has 0 saturated carbocycles. The average molecular weight is 268 g/mol. The van der Waals surface area contributed by atoms with E-state index in [0.29, 0.717) is 11.6 Å². The lowest BCUT2D eigenvalue weighted by molar-refractivity contribution is 0.0537. The molecule has 2 nitrogen and oxygen atoms in total. The molecule has 1 heterocycles. The summed E-state index contributed by atoms with van der Waals surface area (Å²) in [6.07, 6.45) is 7.87. The Kier molecular flexibility index (Phi) is 7.38. The van der Waals surface area contributed by atoms with Gasteiger partial charge in [0.05, 0.1) is 0 Å². The average Bonchev–Trinajstić information content (AvgIpc) is 2.91. The summed E-state index contributed by atoms with van der Waals surface area (Å²) in [5, 5.41) is 3.88. The minimum absolute atomic E-state index is 0.385. The lowest BCUT2D eigenvalue weighted by atomic mass is 9.79. The zero-order valence-corrected chi connectivity index (χ0v) is 14.0. The van der Waals surface area contributed by atoms with Crippen LogP contribution < -0.4 is 5.32 Å². The Morgan fingerprint density at radius 3 is 2.05 bits per heavy atom. The number of hydrogen-bond donors (Lipinski definition) is 1. The van der Waals surface area contributed by atoms with Crippen LogP contribution in [0.25, 0.3) is 0 Å². The van der Waals surface area contributed by atoms with Crippen LogP contribution in [-0.4, -0.2) is 36.1 Å². The number of hydrogen-bond acceptors (Lipinski definition) is 2. The van der Waals surface area contributed by atoms with Crippen LogP contribution in [-0.2, 0) is 0 Å². The lowest BCUT2D eigenvalue weighted by Crippen LogP contribution is -2.60. The first-order valence-corrected chi connectivity index (χ1v) is 8.59. The molecule has 0 aromatic heterocycles. The van der Waals surface area contributed by atoms with E-state index in [9.17, 15) is 0 Å². The maximum Gasteiger partial charge on any atom is 0.0357 e. The molecular weight excluding hydrogens is 232 g/mol. The van der Waals surface area contributed by atoms with Crippen molar-refractivity contribution in [2.45, 2.75) is 84.7 Å². The van der Waals surface area contributed by atoms with Crippen LogP contribution in [0.15, 0.2) is 0 Å². The second-order valence-electron chi connectivity index (χ2n) is 6.64. The van der Waals surface area contributed by atoms with Gasteiger partial charge in [-0.05, 0) is 64.1 Å². The predicted molar refractivity (Wildman–Crippen MR) is 85.7 cm³/mol. The summed E-state index contributed by atoms with van der Waals surface area (Å²) in [4.78, 5) is 2.79. The van der Waals surface area contributed by atoms with Gasteiger partial charge in [-0.2, -0.15) is 0 Å². The van der Waals surface area contributed by atoms with Gasteiger partial charge in [0.2, 0.25) is 0 Å². The van der Waals surface area contributed by atoms with Crippen molar-refractivity contribution in [2.75, 3.05) is 19.6 Å². The first-order valence-electron chi connectivity index (χ1n) is 8.59. The van der Waals surface area contributed by atoms with Crippen molar-refractivity contribution in [3.05, 3.63) is 0 Å². The molecular formula is C17H36N2. The van der Waals surface area contributed by atoms with Crippen LogP contribution in [0.1, 0.15) is 73.1 Å². The molecule has 1 fully saturated rings. The fourth-order valence-corrected chi connectivity index (χ4v) is 3.86. The van der Waals surface area contributed by atoms with Gasteiger partial charge in [0.15, 0.2) is 0 Å². The molecule has 19 heavy (non-hydrogen) atoms. The smallest absolute Gasteiger partial charge is 0.0357 e. The number of nitrogens with one attached hydrogen (secondary N) is 1. The Balaban J connectivity index is 2.87. The van der Waals surface area contributed by atoms with Crippen LogP contribution in [0.2, 0.25) is 0 Å². The first kappa shape index (κ1) is 17.0. The highest BCUT2D eigenvalue weighted by Gasteiger charge is 2.41. The lowest BCUT2D eigenvalue weighted by Gasteiger charge is -2.48. The van der Waals surface area contributed by atoms with Crippen LogP contribution in [0.4, 0.5) is 0 Å². The molecule has 0 aromatic carbocycles. The summed E-state index contributed by atoms with van der Waals surface area (Å²) in [6, 6.07) is 0.653. The quantitative estimate of drug-likeness (QED) is 0.678.